The lowest BCUT2D eigenvalue weighted by molar-refractivity contribution is -0.141. The Bertz CT molecular complexity index is 435. The van der Waals surface area contributed by atoms with Gasteiger partial charge in [-0.2, -0.15) is 4.31 Å². The molecule has 0 radical (unpaired) electrons. The molecule has 0 aromatic heterocycles. The highest BCUT2D eigenvalue weighted by Crippen LogP contribution is 2.14. The van der Waals surface area contributed by atoms with E-state index in [0.717, 1.165) is 4.31 Å². The molecule has 0 saturated carbocycles. The van der Waals surface area contributed by atoms with Crippen LogP contribution in [0.4, 0.5) is 0 Å². The number of carboxylic acids is 1. The summed E-state index contributed by atoms with van der Waals surface area (Å²) in [6, 6.07) is -1.18. The molecule has 1 unspecified atom stereocenters. The van der Waals surface area contributed by atoms with Gasteiger partial charge in [0.05, 0.1) is 18.8 Å². The molecule has 1 rings (SSSR count). The molecule has 1 saturated heterocycles. The second kappa shape index (κ2) is 6.83. The smallest absolute Gasteiger partial charge is 0.305 e. The summed E-state index contributed by atoms with van der Waals surface area (Å²) in [4.78, 5) is 22.3. The Kier molecular flexibility index (Phi) is 5.70. The van der Waals surface area contributed by atoms with Crippen molar-refractivity contribution in [2.45, 2.75) is 19.4 Å². The Balaban J connectivity index is 2.80. The summed E-state index contributed by atoms with van der Waals surface area (Å²) in [6.07, 6.45) is -0.542. The number of carbonyl (C=O) groups excluding carboxylic acids is 1. The van der Waals surface area contributed by atoms with Crippen LogP contribution in [-0.4, -0.2) is 67.8 Å². The predicted molar refractivity (Wildman–Crippen MR) is 66.0 cm³/mol. The van der Waals surface area contributed by atoms with Crippen molar-refractivity contribution in [2.75, 3.05) is 32.1 Å². The summed E-state index contributed by atoms with van der Waals surface area (Å²) in [5.41, 5.74) is 0. The lowest BCUT2D eigenvalue weighted by Crippen LogP contribution is -2.58. The van der Waals surface area contributed by atoms with Gasteiger partial charge in [-0.3, -0.25) is 9.59 Å². The highest BCUT2D eigenvalue weighted by Gasteiger charge is 2.38. The summed E-state index contributed by atoms with van der Waals surface area (Å²) >= 11 is 0. The number of nitrogens with one attached hydrogen (secondary N) is 1. The lowest BCUT2D eigenvalue weighted by Gasteiger charge is -2.33. The third-order valence-corrected chi connectivity index (χ3v) is 4.53. The molecule has 19 heavy (non-hydrogen) atoms. The van der Waals surface area contributed by atoms with Gasteiger partial charge in [0.15, 0.2) is 0 Å². The maximum absolute atomic E-state index is 12.1. The van der Waals surface area contributed by atoms with Crippen LogP contribution in [0.5, 0.6) is 0 Å². The molecule has 1 atom stereocenters. The number of carboxylic acid groups (broad SMARTS) is 1. The number of sulfonamides is 1. The standard InChI is InChI=1S/C10H18N2O6S/c1-2-18-5-6-19(16,17)12-4-3-11-10(15)8(12)7-9(13)14/h8H,2-7H2,1H3,(H,11,15)(H,13,14). The van der Waals surface area contributed by atoms with Crippen LogP contribution in [-0.2, 0) is 24.3 Å². The number of hydrogen-bond donors (Lipinski definition) is 2. The second-order valence-corrected chi connectivity index (χ2v) is 6.07. The number of carbonyl (C=O) groups is 2. The number of rotatable bonds is 7. The van der Waals surface area contributed by atoms with E-state index in [1.165, 1.54) is 0 Å². The molecule has 2 N–H and O–H groups in total. The molecular formula is C10H18N2O6S. The Labute approximate surface area is 111 Å². The number of piperazine rings is 1. The molecule has 1 fully saturated rings. The van der Waals surface area contributed by atoms with Gasteiger partial charge >= 0.3 is 5.97 Å². The van der Waals surface area contributed by atoms with E-state index in [9.17, 15) is 18.0 Å². The van der Waals surface area contributed by atoms with Crippen LogP contribution in [0.2, 0.25) is 0 Å². The van der Waals surface area contributed by atoms with Gasteiger partial charge in [-0.1, -0.05) is 0 Å². The quantitative estimate of drug-likeness (QED) is 0.560. The molecule has 1 amide bonds. The van der Waals surface area contributed by atoms with Crippen LogP contribution < -0.4 is 5.32 Å². The van der Waals surface area contributed by atoms with Crippen LogP contribution >= 0.6 is 0 Å². The molecule has 0 bridgehead atoms. The van der Waals surface area contributed by atoms with Crippen molar-refractivity contribution in [1.29, 1.82) is 0 Å². The lowest BCUT2D eigenvalue weighted by atomic mass is 10.1. The average Bonchev–Trinajstić information content (AvgIpc) is 2.31. The molecule has 0 aliphatic carbocycles. The molecule has 0 aromatic carbocycles. The first-order chi connectivity index (χ1) is 8.88. The van der Waals surface area contributed by atoms with E-state index in [0.29, 0.717) is 6.61 Å². The molecule has 1 heterocycles. The fraction of sp³-hybridized carbons (Fsp3) is 0.800. The van der Waals surface area contributed by atoms with Crippen molar-refractivity contribution in [2.24, 2.45) is 0 Å². The van der Waals surface area contributed by atoms with Gasteiger partial charge < -0.3 is 15.2 Å². The Morgan fingerprint density at radius 3 is 2.84 bits per heavy atom. The molecule has 110 valence electrons. The van der Waals surface area contributed by atoms with Crippen molar-refractivity contribution >= 4 is 21.9 Å². The van der Waals surface area contributed by atoms with Crippen molar-refractivity contribution in [3.63, 3.8) is 0 Å². The van der Waals surface area contributed by atoms with Gasteiger partial charge in [-0.15, -0.1) is 0 Å². The largest absolute Gasteiger partial charge is 0.481 e. The topological polar surface area (TPSA) is 113 Å². The van der Waals surface area contributed by atoms with Crippen LogP contribution in [0.3, 0.4) is 0 Å². The predicted octanol–water partition coefficient (Wildman–Crippen LogP) is -1.37. The summed E-state index contributed by atoms with van der Waals surface area (Å²) in [5.74, 6) is -2.05. The van der Waals surface area contributed by atoms with Crippen LogP contribution in [0.25, 0.3) is 0 Å². The number of hydrogen-bond acceptors (Lipinski definition) is 5. The Morgan fingerprint density at radius 1 is 1.58 bits per heavy atom. The zero-order valence-electron chi connectivity index (χ0n) is 10.7. The molecular weight excluding hydrogens is 276 g/mol. The van der Waals surface area contributed by atoms with E-state index in [1.54, 1.807) is 6.92 Å². The minimum absolute atomic E-state index is 0.0245. The van der Waals surface area contributed by atoms with Gasteiger partial charge in [-0.05, 0) is 6.92 Å². The van der Waals surface area contributed by atoms with Crippen LogP contribution in [0.15, 0.2) is 0 Å². The normalized spacial score (nSPS) is 21.1. The SMILES string of the molecule is CCOCCS(=O)(=O)N1CCNC(=O)C1CC(=O)O. The Morgan fingerprint density at radius 2 is 2.26 bits per heavy atom. The molecule has 0 spiro atoms. The average molecular weight is 294 g/mol. The third-order valence-electron chi connectivity index (χ3n) is 2.70. The van der Waals surface area contributed by atoms with Crippen molar-refractivity contribution < 1.29 is 27.9 Å². The van der Waals surface area contributed by atoms with Crippen LogP contribution in [0.1, 0.15) is 13.3 Å². The molecule has 0 aromatic rings. The number of aliphatic carboxylic acids is 1. The van der Waals surface area contributed by atoms with E-state index in [4.69, 9.17) is 9.84 Å². The first kappa shape index (κ1) is 15.9. The zero-order valence-corrected chi connectivity index (χ0v) is 11.5. The fourth-order valence-corrected chi connectivity index (χ4v) is 3.30. The number of amides is 1. The van der Waals surface area contributed by atoms with Crippen molar-refractivity contribution in [1.82, 2.24) is 9.62 Å². The molecule has 8 nitrogen and oxygen atoms in total. The number of nitrogens with zero attached hydrogens (tertiary/aromatic N) is 1. The number of ether oxygens (including phenoxy) is 1. The van der Waals surface area contributed by atoms with E-state index < -0.39 is 34.4 Å². The van der Waals surface area contributed by atoms with Gasteiger partial charge in [-0.25, -0.2) is 8.42 Å². The van der Waals surface area contributed by atoms with E-state index in [2.05, 4.69) is 5.32 Å². The maximum atomic E-state index is 12.1. The molecule has 1 aliphatic rings. The van der Waals surface area contributed by atoms with Crippen LogP contribution in [0, 0.1) is 0 Å². The highest BCUT2D eigenvalue weighted by molar-refractivity contribution is 7.89. The van der Waals surface area contributed by atoms with Gasteiger partial charge in [0.2, 0.25) is 15.9 Å². The molecule has 9 heteroatoms. The third kappa shape index (κ3) is 4.44. The minimum atomic E-state index is -3.70. The first-order valence-corrected chi connectivity index (χ1v) is 7.56. The zero-order chi connectivity index (χ0) is 14.5. The molecule has 1 aliphatic heterocycles. The monoisotopic (exact) mass is 294 g/mol. The first-order valence-electron chi connectivity index (χ1n) is 5.95. The summed E-state index contributed by atoms with van der Waals surface area (Å²) in [6.45, 7) is 2.43. The second-order valence-electron chi connectivity index (χ2n) is 4.03. The Hall–Kier alpha value is -1.19. The minimum Gasteiger partial charge on any atom is -0.481 e. The van der Waals surface area contributed by atoms with E-state index >= 15 is 0 Å². The van der Waals surface area contributed by atoms with Gasteiger partial charge in [0.1, 0.15) is 6.04 Å². The fourth-order valence-electron chi connectivity index (χ4n) is 1.81. The maximum Gasteiger partial charge on any atom is 0.305 e. The van der Waals surface area contributed by atoms with E-state index in [-0.39, 0.29) is 25.4 Å². The summed E-state index contributed by atoms with van der Waals surface area (Å²) < 4.78 is 30.1. The summed E-state index contributed by atoms with van der Waals surface area (Å²) in [7, 11) is -3.70. The highest BCUT2D eigenvalue weighted by atomic mass is 32.2. The van der Waals surface area contributed by atoms with Crippen molar-refractivity contribution in [3.8, 4) is 0 Å². The van der Waals surface area contributed by atoms with E-state index in [1.807, 2.05) is 0 Å². The van der Waals surface area contributed by atoms with Crippen molar-refractivity contribution in [3.05, 3.63) is 0 Å². The van der Waals surface area contributed by atoms with Gasteiger partial charge in [0.25, 0.3) is 0 Å². The summed E-state index contributed by atoms with van der Waals surface area (Å²) in [5, 5.41) is 11.2. The van der Waals surface area contributed by atoms with Gasteiger partial charge in [0, 0.05) is 19.7 Å².